The Hall–Kier alpha value is -1.66. The number of nitrogens with two attached hydrogens (primary N) is 1. The van der Waals surface area contributed by atoms with Crippen molar-refractivity contribution < 1.29 is 18.6 Å². The zero-order chi connectivity index (χ0) is 14.1. The van der Waals surface area contributed by atoms with E-state index in [-0.39, 0.29) is 11.4 Å². The van der Waals surface area contributed by atoms with Gasteiger partial charge < -0.3 is 19.9 Å². The van der Waals surface area contributed by atoms with Gasteiger partial charge in [-0.3, -0.25) is 5.41 Å². The number of amidine groups is 1. The largest absolute Gasteiger partial charge is 0.493 e. The Morgan fingerprint density at radius 3 is 2.74 bits per heavy atom. The Morgan fingerprint density at radius 2 is 2.05 bits per heavy atom. The van der Waals surface area contributed by atoms with E-state index >= 15 is 0 Å². The van der Waals surface area contributed by atoms with Gasteiger partial charge in [0.2, 0.25) is 0 Å². The number of halogens is 1. The van der Waals surface area contributed by atoms with E-state index in [2.05, 4.69) is 0 Å². The van der Waals surface area contributed by atoms with Crippen molar-refractivity contribution in [3.8, 4) is 5.75 Å². The second kappa shape index (κ2) is 8.44. The predicted octanol–water partition coefficient (Wildman–Crippen LogP) is 1.54. The van der Waals surface area contributed by atoms with Crippen molar-refractivity contribution in [2.24, 2.45) is 5.73 Å². The first-order valence-corrected chi connectivity index (χ1v) is 5.98. The van der Waals surface area contributed by atoms with E-state index in [0.29, 0.717) is 38.6 Å². The van der Waals surface area contributed by atoms with Gasteiger partial charge in [0.25, 0.3) is 0 Å². The van der Waals surface area contributed by atoms with Crippen LogP contribution in [0.25, 0.3) is 0 Å². The van der Waals surface area contributed by atoms with E-state index in [1.54, 1.807) is 7.11 Å². The van der Waals surface area contributed by atoms with Crippen molar-refractivity contribution in [1.29, 1.82) is 5.41 Å². The lowest BCUT2D eigenvalue weighted by Crippen LogP contribution is -2.14. The quantitative estimate of drug-likeness (QED) is 0.405. The maximum atomic E-state index is 13.0. The van der Waals surface area contributed by atoms with Gasteiger partial charge in [-0.15, -0.1) is 0 Å². The molecule has 0 atom stereocenters. The van der Waals surface area contributed by atoms with Crippen LogP contribution in [0.3, 0.4) is 0 Å². The number of hydrogen-bond donors (Lipinski definition) is 2. The summed E-state index contributed by atoms with van der Waals surface area (Å²) in [5.74, 6) is -0.253. The summed E-state index contributed by atoms with van der Waals surface area (Å²) < 4.78 is 28.6. The number of benzene rings is 1. The van der Waals surface area contributed by atoms with Crippen molar-refractivity contribution >= 4 is 5.84 Å². The molecule has 19 heavy (non-hydrogen) atoms. The molecular formula is C13H19FN2O3. The first-order valence-electron chi connectivity index (χ1n) is 5.98. The van der Waals surface area contributed by atoms with Crippen LogP contribution in [0.15, 0.2) is 18.2 Å². The highest BCUT2D eigenvalue weighted by Crippen LogP contribution is 2.19. The Kier molecular flexibility index (Phi) is 6.84. The third-order valence-electron chi connectivity index (χ3n) is 2.35. The van der Waals surface area contributed by atoms with Gasteiger partial charge >= 0.3 is 0 Å². The summed E-state index contributed by atoms with van der Waals surface area (Å²) in [5.41, 5.74) is 5.63. The van der Waals surface area contributed by atoms with Gasteiger partial charge in [-0.2, -0.15) is 0 Å². The Bertz CT molecular complexity index is 413. The molecule has 0 radical (unpaired) electrons. The Balaban J connectivity index is 2.35. The summed E-state index contributed by atoms with van der Waals surface area (Å²) in [6, 6.07) is 3.93. The van der Waals surface area contributed by atoms with Crippen molar-refractivity contribution in [1.82, 2.24) is 0 Å². The summed E-state index contributed by atoms with van der Waals surface area (Å²) in [4.78, 5) is 0. The number of ether oxygens (including phenoxy) is 3. The van der Waals surface area contributed by atoms with Gasteiger partial charge in [0.15, 0.2) is 0 Å². The average molecular weight is 270 g/mol. The lowest BCUT2D eigenvalue weighted by atomic mass is 10.2. The molecule has 0 aliphatic carbocycles. The van der Waals surface area contributed by atoms with E-state index < -0.39 is 5.82 Å². The fraction of sp³-hybridized carbons (Fsp3) is 0.462. The van der Waals surface area contributed by atoms with Crippen LogP contribution in [0.4, 0.5) is 4.39 Å². The molecule has 0 spiro atoms. The molecule has 106 valence electrons. The summed E-state index contributed by atoms with van der Waals surface area (Å²) in [6.07, 6.45) is 0.693. The van der Waals surface area contributed by atoms with Crippen LogP contribution < -0.4 is 10.5 Å². The molecule has 1 rings (SSSR count). The summed E-state index contributed by atoms with van der Waals surface area (Å²) in [5, 5.41) is 7.36. The highest BCUT2D eigenvalue weighted by molar-refractivity contribution is 5.97. The molecular weight excluding hydrogens is 251 g/mol. The SMILES string of the molecule is COCCOCCCOc1ccc(F)cc1C(=N)N. The van der Waals surface area contributed by atoms with Crippen LogP contribution >= 0.6 is 0 Å². The number of nitrogens with one attached hydrogen (secondary N) is 1. The third kappa shape index (κ3) is 5.67. The topological polar surface area (TPSA) is 77.6 Å². The van der Waals surface area contributed by atoms with Crippen LogP contribution in [-0.2, 0) is 9.47 Å². The van der Waals surface area contributed by atoms with E-state index in [9.17, 15) is 4.39 Å². The number of hydrogen-bond acceptors (Lipinski definition) is 4. The molecule has 0 heterocycles. The van der Waals surface area contributed by atoms with Crippen molar-refractivity contribution in [3.63, 3.8) is 0 Å². The van der Waals surface area contributed by atoms with E-state index in [4.69, 9.17) is 25.4 Å². The van der Waals surface area contributed by atoms with Gasteiger partial charge in [-0.1, -0.05) is 0 Å². The molecule has 1 aromatic carbocycles. The van der Waals surface area contributed by atoms with Crippen molar-refractivity contribution in [2.75, 3.05) is 33.5 Å². The highest BCUT2D eigenvalue weighted by atomic mass is 19.1. The van der Waals surface area contributed by atoms with Gasteiger partial charge in [0.1, 0.15) is 17.4 Å². The van der Waals surface area contributed by atoms with Crippen molar-refractivity contribution in [2.45, 2.75) is 6.42 Å². The first kappa shape index (κ1) is 15.4. The third-order valence-corrected chi connectivity index (χ3v) is 2.35. The molecule has 0 unspecified atom stereocenters. The molecule has 3 N–H and O–H groups in total. The molecule has 0 saturated heterocycles. The van der Waals surface area contributed by atoms with Gasteiger partial charge in [-0.25, -0.2) is 4.39 Å². The molecule has 0 aliphatic rings. The summed E-state index contributed by atoms with van der Waals surface area (Å²) >= 11 is 0. The highest BCUT2D eigenvalue weighted by Gasteiger charge is 2.08. The molecule has 0 aromatic heterocycles. The molecule has 0 fully saturated rings. The fourth-order valence-electron chi connectivity index (χ4n) is 1.43. The second-order valence-electron chi connectivity index (χ2n) is 3.86. The molecule has 0 saturated carbocycles. The van der Waals surface area contributed by atoms with Crippen LogP contribution in [0.5, 0.6) is 5.75 Å². The maximum absolute atomic E-state index is 13.0. The average Bonchev–Trinajstić information content (AvgIpc) is 2.39. The zero-order valence-electron chi connectivity index (χ0n) is 10.9. The van der Waals surface area contributed by atoms with Crippen LogP contribution in [0.1, 0.15) is 12.0 Å². The first-order chi connectivity index (χ1) is 9.15. The normalized spacial score (nSPS) is 10.4. The van der Waals surface area contributed by atoms with Crippen molar-refractivity contribution in [3.05, 3.63) is 29.6 Å². The minimum absolute atomic E-state index is 0.217. The number of methoxy groups -OCH3 is 1. The molecule has 0 aliphatic heterocycles. The van der Waals surface area contributed by atoms with Gasteiger partial charge in [0.05, 0.1) is 25.4 Å². The monoisotopic (exact) mass is 270 g/mol. The van der Waals surface area contributed by atoms with Crippen LogP contribution in [-0.4, -0.2) is 39.4 Å². The van der Waals surface area contributed by atoms with Gasteiger partial charge in [-0.05, 0) is 18.2 Å². The number of rotatable bonds is 9. The minimum atomic E-state index is -0.444. The lowest BCUT2D eigenvalue weighted by Gasteiger charge is -2.10. The van der Waals surface area contributed by atoms with E-state index in [1.165, 1.54) is 18.2 Å². The summed E-state index contributed by atoms with van der Waals surface area (Å²) in [6.45, 7) is 2.08. The molecule has 0 amide bonds. The molecule has 1 aromatic rings. The molecule has 5 nitrogen and oxygen atoms in total. The van der Waals surface area contributed by atoms with Crippen LogP contribution in [0.2, 0.25) is 0 Å². The standard InChI is InChI=1S/C13H19FN2O3/c1-17-7-8-18-5-2-6-19-12-4-3-10(14)9-11(12)13(15)16/h3-4,9H,2,5-8H2,1H3,(H3,15,16). The van der Waals surface area contributed by atoms with E-state index in [0.717, 1.165) is 0 Å². The Labute approximate surface area is 112 Å². The fourth-order valence-corrected chi connectivity index (χ4v) is 1.43. The lowest BCUT2D eigenvalue weighted by molar-refractivity contribution is 0.0644. The predicted molar refractivity (Wildman–Crippen MR) is 70.2 cm³/mol. The van der Waals surface area contributed by atoms with Crippen LogP contribution in [0, 0.1) is 11.2 Å². The smallest absolute Gasteiger partial charge is 0.130 e. The number of nitrogen functional groups attached to an aromatic ring is 1. The van der Waals surface area contributed by atoms with Gasteiger partial charge in [0, 0.05) is 20.1 Å². The Morgan fingerprint density at radius 1 is 1.26 bits per heavy atom. The zero-order valence-corrected chi connectivity index (χ0v) is 10.9. The second-order valence-corrected chi connectivity index (χ2v) is 3.86. The summed E-state index contributed by atoms with van der Waals surface area (Å²) in [7, 11) is 1.62. The maximum Gasteiger partial charge on any atom is 0.130 e. The molecule has 0 bridgehead atoms. The molecule has 6 heteroatoms. The van der Waals surface area contributed by atoms with E-state index in [1.807, 2.05) is 0 Å². The minimum Gasteiger partial charge on any atom is -0.493 e.